The normalized spacial score (nSPS) is 10.4. The molecule has 96 valence electrons. The molecule has 0 saturated carbocycles. The van der Waals surface area contributed by atoms with Gasteiger partial charge in [0, 0.05) is 11.4 Å². The van der Waals surface area contributed by atoms with Crippen LogP contribution < -0.4 is 0 Å². The first kappa shape index (κ1) is 13.0. The maximum Gasteiger partial charge on any atom is 0.273 e. The second-order valence-electron chi connectivity index (χ2n) is 4.57. The van der Waals surface area contributed by atoms with Crippen LogP contribution >= 0.6 is 0 Å². The number of amides is 1. The summed E-state index contributed by atoms with van der Waals surface area (Å²) < 4.78 is 0. The van der Waals surface area contributed by atoms with E-state index in [9.17, 15) is 4.79 Å². The van der Waals surface area contributed by atoms with Gasteiger partial charge in [0.25, 0.3) is 5.91 Å². The third-order valence-electron chi connectivity index (χ3n) is 2.94. The molecule has 1 aromatic carbocycles. The largest absolute Gasteiger partial charge is 0.322 e. The van der Waals surface area contributed by atoms with Crippen LogP contribution in [0.25, 0.3) is 10.9 Å². The van der Waals surface area contributed by atoms with E-state index in [-0.39, 0.29) is 18.5 Å². The zero-order valence-electron chi connectivity index (χ0n) is 11.0. The van der Waals surface area contributed by atoms with Crippen molar-refractivity contribution in [2.24, 2.45) is 0 Å². The number of hydrogen-bond donors (Lipinski definition) is 0. The van der Waals surface area contributed by atoms with Crippen LogP contribution in [0.4, 0.5) is 0 Å². The summed E-state index contributed by atoms with van der Waals surface area (Å²) in [5.41, 5.74) is 1.16. The van der Waals surface area contributed by atoms with E-state index in [0.717, 1.165) is 10.9 Å². The minimum absolute atomic E-state index is 0.0274. The zero-order valence-corrected chi connectivity index (χ0v) is 11.0. The van der Waals surface area contributed by atoms with E-state index in [4.69, 9.17) is 5.26 Å². The Hall–Kier alpha value is -2.41. The minimum atomic E-state index is -0.206. The molecule has 2 aromatic rings. The Kier molecular flexibility index (Phi) is 3.76. The Morgan fingerprint density at radius 1 is 1.32 bits per heavy atom. The zero-order chi connectivity index (χ0) is 13.8. The molecule has 0 fully saturated rings. The second kappa shape index (κ2) is 5.49. The van der Waals surface area contributed by atoms with Gasteiger partial charge in [-0.2, -0.15) is 5.26 Å². The van der Waals surface area contributed by atoms with Crippen molar-refractivity contribution in [2.75, 3.05) is 6.54 Å². The highest BCUT2D eigenvalue weighted by Gasteiger charge is 2.19. The predicted molar refractivity (Wildman–Crippen MR) is 73.5 cm³/mol. The first-order valence-corrected chi connectivity index (χ1v) is 6.17. The number of aromatic nitrogens is 1. The van der Waals surface area contributed by atoms with Crippen LogP contribution in [0.15, 0.2) is 36.4 Å². The van der Waals surface area contributed by atoms with Crippen molar-refractivity contribution >= 4 is 16.8 Å². The molecule has 0 spiro atoms. The standard InChI is InChI=1S/C15H15N3O/c1-11(2)18(10-9-16)15(19)14-8-7-12-5-3-4-6-13(12)17-14/h3-8,11H,10H2,1-2H3. The van der Waals surface area contributed by atoms with Crippen molar-refractivity contribution < 1.29 is 4.79 Å². The molecule has 0 saturated heterocycles. The summed E-state index contributed by atoms with van der Waals surface area (Å²) in [7, 11) is 0. The van der Waals surface area contributed by atoms with Crippen LogP contribution in [-0.2, 0) is 0 Å². The lowest BCUT2D eigenvalue weighted by Crippen LogP contribution is -2.37. The van der Waals surface area contributed by atoms with E-state index in [2.05, 4.69) is 4.98 Å². The third-order valence-corrected chi connectivity index (χ3v) is 2.94. The van der Waals surface area contributed by atoms with Gasteiger partial charge in [-0.3, -0.25) is 4.79 Å². The predicted octanol–water partition coefficient (Wildman–Crippen LogP) is 2.61. The van der Waals surface area contributed by atoms with E-state index >= 15 is 0 Å². The lowest BCUT2D eigenvalue weighted by atomic mass is 10.2. The molecule has 0 aliphatic heterocycles. The van der Waals surface area contributed by atoms with Crippen molar-refractivity contribution in [2.45, 2.75) is 19.9 Å². The fourth-order valence-corrected chi connectivity index (χ4v) is 1.90. The van der Waals surface area contributed by atoms with Crippen molar-refractivity contribution in [3.05, 3.63) is 42.1 Å². The molecular formula is C15H15N3O. The second-order valence-corrected chi connectivity index (χ2v) is 4.57. The van der Waals surface area contributed by atoms with Gasteiger partial charge in [0.2, 0.25) is 0 Å². The summed E-state index contributed by atoms with van der Waals surface area (Å²) in [4.78, 5) is 18.2. The number of nitriles is 1. The third kappa shape index (κ3) is 2.71. The van der Waals surface area contributed by atoms with Crippen LogP contribution in [0.3, 0.4) is 0 Å². The van der Waals surface area contributed by atoms with Crippen LogP contribution in [0, 0.1) is 11.3 Å². The number of hydrogen-bond acceptors (Lipinski definition) is 3. The number of fused-ring (bicyclic) bond motifs is 1. The van der Waals surface area contributed by atoms with Gasteiger partial charge in [0.05, 0.1) is 11.6 Å². The molecule has 0 N–H and O–H groups in total. The van der Waals surface area contributed by atoms with E-state index in [0.29, 0.717) is 5.69 Å². The molecule has 0 radical (unpaired) electrons. The number of benzene rings is 1. The summed E-state index contributed by atoms with van der Waals surface area (Å²) in [6.45, 7) is 3.84. The number of nitrogens with zero attached hydrogens (tertiary/aromatic N) is 3. The summed E-state index contributed by atoms with van der Waals surface area (Å²) in [6, 6.07) is 13.2. The van der Waals surface area contributed by atoms with Crippen LogP contribution in [-0.4, -0.2) is 28.4 Å². The molecule has 0 bridgehead atoms. The summed E-state index contributed by atoms with van der Waals surface area (Å²) in [5, 5.41) is 9.78. The van der Waals surface area contributed by atoms with Crippen LogP contribution in [0.5, 0.6) is 0 Å². The molecule has 0 atom stereocenters. The van der Waals surface area contributed by atoms with Gasteiger partial charge in [-0.1, -0.05) is 24.3 Å². The maximum absolute atomic E-state index is 12.3. The van der Waals surface area contributed by atoms with Gasteiger partial charge in [-0.15, -0.1) is 0 Å². The van der Waals surface area contributed by atoms with E-state index in [1.54, 1.807) is 6.07 Å². The molecule has 4 heteroatoms. The smallest absolute Gasteiger partial charge is 0.273 e. The summed E-state index contributed by atoms with van der Waals surface area (Å²) in [5.74, 6) is -0.206. The number of carbonyl (C=O) groups excluding carboxylic acids is 1. The Balaban J connectivity index is 2.38. The molecule has 0 aliphatic rings. The number of carbonyl (C=O) groups is 1. The quantitative estimate of drug-likeness (QED) is 0.790. The van der Waals surface area contributed by atoms with Crippen molar-refractivity contribution in [3.8, 4) is 6.07 Å². The minimum Gasteiger partial charge on any atom is -0.322 e. The van der Waals surface area contributed by atoms with E-state index in [1.807, 2.05) is 50.2 Å². The van der Waals surface area contributed by atoms with Crippen molar-refractivity contribution in [1.82, 2.24) is 9.88 Å². The Bertz CT molecular complexity index is 643. The monoisotopic (exact) mass is 253 g/mol. The van der Waals surface area contributed by atoms with Crippen LogP contribution in [0.1, 0.15) is 24.3 Å². The number of rotatable bonds is 3. The first-order chi connectivity index (χ1) is 9.13. The first-order valence-electron chi connectivity index (χ1n) is 6.17. The molecular weight excluding hydrogens is 238 g/mol. The lowest BCUT2D eigenvalue weighted by Gasteiger charge is -2.23. The average molecular weight is 253 g/mol. The molecule has 19 heavy (non-hydrogen) atoms. The Morgan fingerprint density at radius 3 is 2.74 bits per heavy atom. The molecule has 2 rings (SSSR count). The summed E-state index contributed by atoms with van der Waals surface area (Å²) >= 11 is 0. The van der Waals surface area contributed by atoms with Crippen LogP contribution in [0.2, 0.25) is 0 Å². The average Bonchev–Trinajstić information content (AvgIpc) is 2.43. The topological polar surface area (TPSA) is 57.0 Å². The van der Waals surface area contributed by atoms with Crippen molar-refractivity contribution in [3.63, 3.8) is 0 Å². The van der Waals surface area contributed by atoms with Crippen molar-refractivity contribution in [1.29, 1.82) is 5.26 Å². The fraction of sp³-hybridized carbons (Fsp3) is 0.267. The SMILES string of the molecule is CC(C)N(CC#N)C(=O)c1ccc2ccccc2n1. The summed E-state index contributed by atoms with van der Waals surface area (Å²) in [6.07, 6.45) is 0. The van der Waals surface area contributed by atoms with E-state index < -0.39 is 0 Å². The van der Waals surface area contributed by atoms with Gasteiger partial charge >= 0.3 is 0 Å². The maximum atomic E-state index is 12.3. The number of pyridine rings is 1. The molecule has 1 amide bonds. The van der Waals surface area contributed by atoms with E-state index in [1.165, 1.54) is 4.90 Å². The Labute approximate surface area is 112 Å². The highest BCUT2D eigenvalue weighted by Crippen LogP contribution is 2.14. The molecule has 0 aliphatic carbocycles. The molecule has 1 aromatic heterocycles. The molecule has 1 heterocycles. The number of para-hydroxylation sites is 1. The lowest BCUT2D eigenvalue weighted by molar-refractivity contribution is 0.0726. The van der Waals surface area contributed by atoms with Gasteiger partial charge in [-0.05, 0) is 26.0 Å². The van der Waals surface area contributed by atoms with Gasteiger partial charge in [0.1, 0.15) is 12.2 Å². The Morgan fingerprint density at radius 2 is 2.05 bits per heavy atom. The fourth-order valence-electron chi connectivity index (χ4n) is 1.90. The molecule has 4 nitrogen and oxygen atoms in total. The highest BCUT2D eigenvalue weighted by atomic mass is 16.2. The molecule has 0 unspecified atom stereocenters. The highest BCUT2D eigenvalue weighted by molar-refractivity contribution is 5.95. The van der Waals surface area contributed by atoms with Gasteiger partial charge in [0.15, 0.2) is 0 Å². The van der Waals surface area contributed by atoms with Gasteiger partial charge < -0.3 is 4.90 Å². The van der Waals surface area contributed by atoms with Gasteiger partial charge in [-0.25, -0.2) is 4.98 Å².